The van der Waals surface area contributed by atoms with Crippen molar-refractivity contribution in [1.29, 1.82) is 0 Å². The van der Waals surface area contributed by atoms with E-state index in [2.05, 4.69) is 48.9 Å². The van der Waals surface area contributed by atoms with Crippen molar-refractivity contribution in [1.82, 2.24) is 15.0 Å². The highest BCUT2D eigenvalue weighted by Crippen LogP contribution is 2.21. The molecule has 0 amide bonds. The third kappa shape index (κ3) is 3.36. The van der Waals surface area contributed by atoms with Crippen LogP contribution in [0.15, 0.2) is 54.9 Å². The van der Waals surface area contributed by atoms with E-state index in [1.807, 2.05) is 49.5 Å². The molecule has 0 saturated heterocycles. The van der Waals surface area contributed by atoms with E-state index in [1.54, 1.807) is 6.20 Å². The fourth-order valence-electron chi connectivity index (χ4n) is 1.95. The number of hydrogen-bond donors (Lipinski definition) is 1. The number of nitrogens with zero attached hydrogens (tertiary/aromatic N) is 3. The molecular weight excluding hydrogens is 375 g/mol. The number of anilines is 2. The molecule has 21 heavy (non-hydrogen) atoms. The Bertz CT molecular complexity index is 759. The second kappa shape index (κ2) is 6.17. The molecule has 0 bridgehead atoms. The molecule has 0 aromatic carbocycles. The fourth-order valence-corrected chi connectivity index (χ4v) is 2.56. The lowest BCUT2D eigenvalue weighted by molar-refractivity contribution is 1.20. The van der Waals surface area contributed by atoms with Crippen LogP contribution < -0.4 is 5.32 Å². The van der Waals surface area contributed by atoms with Crippen LogP contribution in [0, 0.1) is 10.5 Å². The van der Waals surface area contributed by atoms with E-state index in [1.165, 1.54) is 0 Å². The number of aryl methyl sites for hydroxylation is 1. The summed E-state index contributed by atoms with van der Waals surface area (Å²) in [6.45, 7) is 2.03. The molecule has 3 rings (SSSR count). The first kappa shape index (κ1) is 13.9. The number of nitrogens with one attached hydrogen (secondary N) is 1. The Balaban J connectivity index is 1.90. The summed E-state index contributed by atoms with van der Waals surface area (Å²) in [6.07, 6.45) is 3.60. The molecule has 3 heterocycles. The summed E-state index contributed by atoms with van der Waals surface area (Å²) in [4.78, 5) is 13.3. The maximum absolute atomic E-state index is 4.59. The molecule has 5 heteroatoms. The number of rotatable bonds is 3. The van der Waals surface area contributed by atoms with Gasteiger partial charge >= 0.3 is 0 Å². The lowest BCUT2D eigenvalue weighted by Crippen LogP contribution is -1.99. The summed E-state index contributed by atoms with van der Waals surface area (Å²) in [5, 5.41) is 3.26. The van der Waals surface area contributed by atoms with Crippen LogP contribution in [0.3, 0.4) is 0 Å². The number of hydrogen-bond acceptors (Lipinski definition) is 4. The fraction of sp³-hybridized carbons (Fsp3) is 0.0625. The van der Waals surface area contributed by atoms with Gasteiger partial charge in [0.15, 0.2) is 0 Å². The predicted octanol–water partition coefficient (Wildman–Crippen LogP) is 4.20. The van der Waals surface area contributed by atoms with Gasteiger partial charge in [0.2, 0.25) is 0 Å². The van der Waals surface area contributed by atoms with Crippen molar-refractivity contribution in [2.24, 2.45) is 0 Å². The zero-order valence-corrected chi connectivity index (χ0v) is 13.6. The van der Waals surface area contributed by atoms with E-state index in [4.69, 9.17) is 0 Å². The molecule has 0 saturated carbocycles. The second-order valence-electron chi connectivity index (χ2n) is 4.57. The maximum Gasteiger partial charge on any atom is 0.134 e. The molecule has 0 atom stereocenters. The van der Waals surface area contributed by atoms with Gasteiger partial charge in [0.05, 0.1) is 11.4 Å². The molecule has 0 spiro atoms. The molecule has 0 aliphatic rings. The smallest absolute Gasteiger partial charge is 0.134 e. The van der Waals surface area contributed by atoms with Crippen LogP contribution in [0.2, 0.25) is 0 Å². The van der Waals surface area contributed by atoms with Gasteiger partial charge in [-0.2, -0.15) is 0 Å². The van der Waals surface area contributed by atoms with Gasteiger partial charge in [-0.3, -0.25) is 4.98 Å². The van der Waals surface area contributed by atoms with Crippen LogP contribution in [-0.2, 0) is 0 Å². The third-order valence-corrected chi connectivity index (χ3v) is 3.56. The molecule has 0 fully saturated rings. The quantitative estimate of drug-likeness (QED) is 0.684. The van der Waals surface area contributed by atoms with Crippen molar-refractivity contribution < 1.29 is 0 Å². The molecule has 4 nitrogen and oxygen atoms in total. The van der Waals surface area contributed by atoms with Gasteiger partial charge < -0.3 is 5.32 Å². The first-order valence-electron chi connectivity index (χ1n) is 6.50. The van der Waals surface area contributed by atoms with E-state index in [0.717, 1.165) is 32.2 Å². The first-order chi connectivity index (χ1) is 10.2. The SMILES string of the molecule is Cc1cc(I)cnc1Nc1cccc(-c2ccccn2)n1. The lowest BCUT2D eigenvalue weighted by Gasteiger charge is -2.09. The van der Waals surface area contributed by atoms with E-state index >= 15 is 0 Å². The molecule has 1 N–H and O–H groups in total. The summed E-state index contributed by atoms with van der Waals surface area (Å²) >= 11 is 2.25. The largest absolute Gasteiger partial charge is 0.325 e. The Morgan fingerprint density at radius 2 is 1.86 bits per heavy atom. The Hall–Kier alpha value is -2.02. The van der Waals surface area contributed by atoms with Crippen molar-refractivity contribution in [3.05, 3.63) is 64.0 Å². The first-order valence-corrected chi connectivity index (χ1v) is 7.58. The van der Waals surface area contributed by atoms with Crippen molar-refractivity contribution in [3.8, 4) is 11.4 Å². The Morgan fingerprint density at radius 3 is 2.62 bits per heavy atom. The van der Waals surface area contributed by atoms with Gasteiger partial charge in [-0.25, -0.2) is 9.97 Å². The van der Waals surface area contributed by atoms with Crippen molar-refractivity contribution in [3.63, 3.8) is 0 Å². The molecule has 3 aromatic rings. The van der Waals surface area contributed by atoms with E-state index < -0.39 is 0 Å². The number of aromatic nitrogens is 3. The lowest BCUT2D eigenvalue weighted by atomic mass is 10.2. The number of pyridine rings is 3. The van der Waals surface area contributed by atoms with E-state index in [0.29, 0.717) is 0 Å². The summed E-state index contributed by atoms with van der Waals surface area (Å²) in [5.74, 6) is 1.58. The van der Waals surface area contributed by atoms with E-state index in [-0.39, 0.29) is 0 Å². The Labute approximate surface area is 136 Å². The van der Waals surface area contributed by atoms with Crippen LogP contribution in [0.4, 0.5) is 11.6 Å². The van der Waals surface area contributed by atoms with Crippen molar-refractivity contribution >= 4 is 34.2 Å². The van der Waals surface area contributed by atoms with Crippen LogP contribution in [0.25, 0.3) is 11.4 Å². The van der Waals surface area contributed by atoms with Crippen molar-refractivity contribution in [2.75, 3.05) is 5.32 Å². The van der Waals surface area contributed by atoms with Gasteiger partial charge in [0, 0.05) is 16.0 Å². The maximum atomic E-state index is 4.59. The second-order valence-corrected chi connectivity index (χ2v) is 5.81. The summed E-state index contributed by atoms with van der Waals surface area (Å²) < 4.78 is 1.12. The van der Waals surface area contributed by atoms with Gasteiger partial charge in [-0.05, 0) is 65.4 Å². The van der Waals surface area contributed by atoms with Gasteiger partial charge in [-0.1, -0.05) is 12.1 Å². The summed E-state index contributed by atoms with van der Waals surface area (Å²) in [6, 6.07) is 13.7. The minimum Gasteiger partial charge on any atom is -0.325 e. The molecule has 3 aromatic heterocycles. The average Bonchev–Trinajstić information content (AvgIpc) is 2.51. The minimum atomic E-state index is 0.759. The van der Waals surface area contributed by atoms with E-state index in [9.17, 15) is 0 Å². The third-order valence-electron chi connectivity index (χ3n) is 2.97. The Morgan fingerprint density at radius 1 is 1.00 bits per heavy atom. The number of halogens is 1. The summed E-state index contributed by atoms with van der Waals surface area (Å²) in [7, 11) is 0. The highest BCUT2D eigenvalue weighted by Gasteiger charge is 2.05. The molecule has 0 aliphatic heterocycles. The Kier molecular flexibility index (Phi) is 4.10. The highest BCUT2D eigenvalue weighted by molar-refractivity contribution is 14.1. The molecule has 0 unspecified atom stereocenters. The predicted molar refractivity (Wildman–Crippen MR) is 92.4 cm³/mol. The molecular formula is C16H13IN4. The van der Waals surface area contributed by atoms with Crippen LogP contribution in [0.1, 0.15) is 5.56 Å². The monoisotopic (exact) mass is 388 g/mol. The average molecular weight is 388 g/mol. The summed E-state index contributed by atoms with van der Waals surface area (Å²) in [5.41, 5.74) is 2.78. The van der Waals surface area contributed by atoms with Crippen LogP contribution in [0.5, 0.6) is 0 Å². The topological polar surface area (TPSA) is 50.7 Å². The molecule has 104 valence electrons. The highest BCUT2D eigenvalue weighted by atomic mass is 127. The zero-order valence-electron chi connectivity index (χ0n) is 11.4. The van der Waals surface area contributed by atoms with Crippen molar-refractivity contribution in [2.45, 2.75) is 6.92 Å². The van der Waals surface area contributed by atoms with Gasteiger partial charge in [-0.15, -0.1) is 0 Å². The zero-order chi connectivity index (χ0) is 14.7. The van der Waals surface area contributed by atoms with Crippen LogP contribution in [-0.4, -0.2) is 15.0 Å². The normalized spacial score (nSPS) is 10.4. The minimum absolute atomic E-state index is 0.759. The molecule has 0 aliphatic carbocycles. The van der Waals surface area contributed by atoms with Gasteiger partial charge in [0.25, 0.3) is 0 Å². The molecule has 0 radical (unpaired) electrons. The van der Waals surface area contributed by atoms with Gasteiger partial charge in [0.1, 0.15) is 11.6 Å². The van der Waals surface area contributed by atoms with Crippen LogP contribution >= 0.6 is 22.6 Å². The standard InChI is InChI=1S/C16H13IN4/c1-11-9-12(17)10-19-16(11)21-15-7-4-6-14(20-15)13-5-2-3-8-18-13/h2-10H,1H3,(H,19,20,21).